The van der Waals surface area contributed by atoms with E-state index in [9.17, 15) is 39.9 Å². The molecule has 44 heavy (non-hydrogen) atoms. The van der Waals surface area contributed by atoms with Crippen LogP contribution in [0.3, 0.4) is 0 Å². The lowest BCUT2D eigenvalue weighted by Gasteiger charge is -2.45. The van der Waals surface area contributed by atoms with Gasteiger partial charge in [0.25, 0.3) is 0 Å². The number of unbranched alkanes of at least 4 members (excludes halogenated alkanes) is 6. The highest BCUT2D eigenvalue weighted by atomic mass is 16.8. The molecule has 0 aromatic rings. The van der Waals surface area contributed by atoms with Crippen molar-refractivity contribution < 1.29 is 68.3 Å². The van der Waals surface area contributed by atoms with E-state index in [1.54, 1.807) is 0 Å². The van der Waals surface area contributed by atoms with Gasteiger partial charge < -0.3 is 54.0 Å². The second kappa shape index (κ2) is 20.3. The number of aliphatic hydroxyl groups is 5. The molecule has 0 unspecified atom stereocenters. The summed E-state index contributed by atoms with van der Waals surface area (Å²) in [4.78, 5) is 36.8. The topological polar surface area (TPSA) is 208 Å². The zero-order valence-corrected chi connectivity index (χ0v) is 26.1. The van der Waals surface area contributed by atoms with Gasteiger partial charge in [0.05, 0.1) is 0 Å². The van der Waals surface area contributed by atoms with Crippen molar-refractivity contribution >= 4 is 17.9 Å². The minimum Gasteiger partial charge on any atom is -0.463 e. The molecule has 2 rings (SSSR count). The lowest BCUT2D eigenvalue weighted by atomic mass is 9.98. The van der Waals surface area contributed by atoms with Crippen LogP contribution >= 0.6 is 0 Å². The van der Waals surface area contributed by atoms with Crippen LogP contribution in [0.15, 0.2) is 0 Å². The molecule has 0 amide bonds. The monoisotopic (exact) mass is 636 g/mol. The molecule has 0 spiro atoms. The Morgan fingerprint density at radius 2 is 0.977 bits per heavy atom. The lowest BCUT2D eigenvalue weighted by Crippen LogP contribution is -2.64. The van der Waals surface area contributed by atoms with Crippen LogP contribution in [0, 0.1) is 0 Å². The van der Waals surface area contributed by atoms with Gasteiger partial charge in [-0.3, -0.25) is 14.4 Å². The Hall–Kier alpha value is -1.91. The molecular formula is C30H52O14. The molecule has 0 aromatic carbocycles. The molecule has 14 heteroatoms. The number of carbonyl (C=O) groups is 3. The van der Waals surface area contributed by atoms with Crippen molar-refractivity contribution in [1.82, 2.24) is 0 Å². The maximum absolute atomic E-state index is 12.6. The van der Waals surface area contributed by atoms with E-state index in [0.717, 1.165) is 38.5 Å². The number of ether oxygens (including phenoxy) is 6. The van der Waals surface area contributed by atoms with Gasteiger partial charge in [-0.25, -0.2) is 0 Å². The van der Waals surface area contributed by atoms with Gasteiger partial charge in [-0.2, -0.15) is 0 Å². The number of rotatable bonds is 19. The maximum atomic E-state index is 12.6. The predicted molar refractivity (Wildman–Crippen MR) is 153 cm³/mol. The molecule has 0 bridgehead atoms. The normalized spacial score (nSPS) is 32.2. The van der Waals surface area contributed by atoms with Crippen molar-refractivity contribution in [3.8, 4) is 0 Å². The standard InChI is InChI=1S/C30H52O14/c1-4-7-10-13-20(31)39-16-18-23(34)25(36)27(38)29(41-18)44-30-28(43-22(33)15-12-9-6-3)26(37)24(35)19(42-30)17-40-21(32)14-11-8-5-2/h18-19,23-30,34-38H,4-17H2,1-3H3/t18-,19-,23-,24-,25+,26+,27-,28-,29-,30-/m1/s1. The van der Waals surface area contributed by atoms with Gasteiger partial charge in [0.2, 0.25) is 6.29 Å². The third kappa shape index (κ3) is 12.1. The minimum atomic E-state index is -1.83. The van der Waals surface area contributed by atoms with Gasteiger partial charge in [0, 0.05) is 19.3 Å². The summed E-state index contributed by atoms with van der Waals surface area (Å²) in [6, 6.07) is 0. The number of aliphatic hydroxyl groups excluding tert-OH is 5. The Morgan fingerprint density at radius 3 is 1.45 bits per heavy atom. The molecule has 256 valence electrons. The van der Waals surface area contributed by atoms with Crippen LogP contribution in [0.1, 0.15) is 97.8 Å². The van der Waals surface area contributed by atoms with Crippen molar-refractivity contribution in [3.05, 3.63) is 0 Å². The molecule has 2 saturated heterocycles. The Morgan fingerprint density at radius 1 is 0.545 bits per heavy atom. The van der Waals surface area contributed by atoms with E-state index in [1.807, 2.05) is 20.8 Å². The van der Waals surface area contributed by atoms with Gasteiger partial charge in [0.15, 0.2) is 12.4 Å². The molecule has 0 aliphatic carbocycles. The third-order valence-electron chi connectivity index (χ3n) is 7.62. The first kappa shape index (κ1) is 38.3. The largest absolute Gasteiger partial charge is 0.463 e. The van der Waals surface area contributed by atoms with Crippen molar-refractivity contribution in [3.63, 3.8) is 0 Å². The van der Waals surface area contributed by atoms with E-state index in [4.69, 9.17) is 28.4 Å². The van der Waals surface area contributed by atoms with Crippen LogP contribution in [0.25, 0.3) is 0 Å². The molecule has 0 radical (unpaired) electrons. The Bertz CT molecular complexity index is 854. The van der Waals surface area contributed by atoms with Gasteiger partial charge in [0.1, 0.15) is 55.9 Å². The summed E-state index contributed by atoms with van der Waals surface area (Å²) in [6.07, 6.45) is -9.00. The van der Waals surface area contributed by atoms with Gasteiger partial charge in [-0.1, -0.05) is 59.3 Å². The molecule has 10 atom stereocenters. The van der Waals surface area contributed by atoms with Crippen LogP contribution in [0.5, 0.6) is 0 Å². The first-order valence-electron chi connectivity index (χ1n) is 15.9. The molecule has 2 heterocycles. The molecule has 5 N–H and O–H groups in total. The molecule has 2 aliphatic rings. The summed E-state index contributed by atoms with van der Waals surface area (Å²) in [5.74, 6) is -1.75. The van der Waals surface area contributed by atoms with Gasteiger partial charge in [-0.05, 0) is 19.3 Å². The first-order chi connectivity index (χ1) is 21.0. The second-order valence-corrected chi connectivity index (χ2v) is 11.4. The summed E-state index contributed by atoms with van der Waals surface area (Å²) in [5, 5.41) is 53.3. The maximum Gasteiger partial charge on any atom is 0.306 e. The van der Waals surface area contributed by atoms with Crippen LogP contribution in [0.4, 0.5) is 0 Å². The molecule has 2 aliphatic heterocycles. The van der Waals surface area contributed by atoms with Crippen molar-refractivity contribution in [2.75, 3.05) is 13.2 Å². The highest BCUT2D eigenvalue weighted by molar-refractivity contribution is 5.70. The minimum absolute atomic E-state index is 0.0256. The van der Waals surface area contributed by atoms with E-state index < -0.39 is 92.5 Å². The zero-order valence-electron chi connectivity index (χ0n) is 26.1. The molecule has 0 aromatic heterocycles. The van der Waals surface area contributed by atoms with E-state index in [2.05, 4.69) is 0 Å². The smallest absolute Gasteiger partial charge is 0.306 e. The first-order valence-corrected chi connectivity index (χ1v) is 15.9. The van der Waals surface area contributed by atoms with E-state index in [1.165, 1.54) is 0 Å². The SMILES string of the molecule is CCCCCC(=O)OC[C@H]1O[C@H](O[C@H]2O[C@H](COC(=O)CCCCC)[C@@H](O)[C@H](O)[C@H]2OC(=O)CCCCC)[C@H](O)[C@@H](O)[C@@H]1O. The Balaban J connectivity index is 2.16. The van der Waals surface area contributed by atoms with Gasteiger partial charge >= 0.3 is 17.9 Å². The molecular weight excluding hydrogens is 584 g/mol. The number of carbonyl (C=O) groups excluding carboxylic acids is 3. The highest BCUT2D eigenvalue weighted by Gasteiger charge is 2.52. The van der Waals surface area contributed by atoms with Crippen LogP contribution < -0.4 is 0 Å². The average Bonchev–Trinajstić information content (AvgIpc) is 3.00. The summed E-state index contributed by atoms with van der Waals surface area (Å²) in [6.45, 7) is 5.04. The Kier molecular flexibility index (Phi) is 17.6. The molecule has 2 fully saturated rings. The number of hydrogen-bond donors (Lipinski definition) is 5. The summed E-state index contributed by atoms with van der Waals surface area (Å²) in [7, 11) is 0. The van der Waals surface area contributed by atoms with Crippen LogP contribution in [0.2, 0.25) is 0 Å². The molecule has 0 saturated carbocycles. The fraction of sp³-hybridized carbons (Fsp3) is 0.900. The summed E-state index contributed by atoms with van der Waals surface area (Å²) >= 11 is 0. The van der Waals surface area contributed by atoms with Crippen LogP contribution in [-0.2, 0) is 42.8 Å². The fourth-order valence-corrected chi connectivity index (χ4v) is 4.84. The third-order valence-corrected chi connectivity index (χ3v) is 7.62. The zero-order chi connectivity index (χ0) is 32.6. The summed E-state index contributed by atoms with van der Waals surface area (Å²) < 4.78 is 33.0. The van der Waals surface area contributed by atoms with Crippen molar-refractivity contribution in [2.24, 2.45) is 0 Å². The van der Waals surface area contributed by atoms with E-state index >= 15 is 0 Å². The Labute approximate surface area is 258 Å². The summed E-state index contributed by atoms with van der Waals surface area (Å²) in [5.41, 5.74) is 0. The van der Waals surface area contributed by atoms with E-state index in [-0.39, 0.29) is 19.3 Å². The van der Waals surface area contributed by atoms with Crippen molar-refractivity contribution in [2.45, 2.75) is 159 Å². The van der Waals surface area contributed by atoms with Crippen molar-refractivity contribution in [1.29, 1.82) is 0 Å². The fourth-order valence-electron chi connectivity index (χ4n) is 4.84. The number of esters is 3. The average molecular weight is 637 g/mol. The lowest BCUT2D eigenvalue weighted by molar-refractivity contribution is -0.377. The second-order valence-electron chi connectivity index (χ2n) is 11.4. The molecule has 14 nitrogen and oxygen atoms in total. The van der Waals surface area contributed by atoms with Crippen LogP contribution in [-0.4, -0.2) is 118 Å². The predicted octanol–water partition coefficient (Wildman–Crippen LogP) is 0.996. The number of hydrogen-bond acceptors (Lipinski definition) is 14. The van der Waals surface area contributed by atoms with Gasteiger partial charge in [-0.15, -0.1) is 0 Å². The quantitative estimate of drug-likeness (QED) is 0.0762. The van der Waals surface area contributed by atoms with E-state index in [0.29, 0.717) is 19.3 Å². The highest BCUT2D eigenvalue weighted by Crippen LogP contribution is 2.30.